The highest BCUT2D eigenvalue weighted by atomic mass is 16.4. The van der Waals surface area contributed by atoms with Gasteiger partial charge in [0.05, 0.1) is 17.9 Å². The molecule has 0 saturated heterocycles. The Labute approximate surface area is 115 Å². The monoisotopic (exact) mass is 271 g/mol. The van der Waals surface area contributed by atoms with Gasteiger partial charge in [0.15, 0.2) is 5.69 Å². The van der Waals surface area contributed by atoms with E-state index in [2.05, 4.69) is 5.10 Å². The molecular formula is C14H13N3O3. The summed E-state index contributed by atoms with van der Waals surface area (Å²) in [6, 6.07) is 7.44. The van der Waals surface area contributed by atoms with E-state index in [0.717, 1.165) is 16.9 Å². The Balaban J connectivity index is 2.31. The van der Waals surface area contributed by atoms with Crippen LogP contribution in [0.15, 0.2) is 24.3 Å². The number of benzene rings is 1. The number of nitrogens with zero attached hydrogens (tertiary/aromatic N) is 3. The minimum Gasteiger partial charge on any atom is -0.476 e. The number of aromatic carboxylic acids is 1. The van der Waals surface area contributed by atoms with E-state index in [1.807, 2.05) is 24.3 Å². The SMILES string of the molecule is CC(=O)N1Cc2c(C(=O)O)nn(C)c2-c2ccccc21. The van der Waals surface area contributed by atoms with E-state index in [1.54, 1.807) is 16.6 Å². The van der Waals surface area contributed by atoms with Crippen molar-refractivity contribution in [3.8, 4) is 11.3 Å². The van der Waals surface area contributed by atoms with Crippen molar-refractivity contribution >= 4 is 17.6 Å². The first-order valence-corrected chi connectivity index (χ1v) is 6.17. The molecule has 1 aromatic carbocycles. The fourth-order valence-corrected chi connectivity index (χ4v) is 2.66. The van der Waals surface area contributed by atoms with E-state index in [4.69, 9.17) is 0 Å². The van der Waals surface area contributed by atoms with E-state index >= 15 is 0 Å². The molecule has 0 spiro atoms. The summed E-state index contributed by atoms with van der Waals surface area (Å²) >= 11 is 0. The van der Waals surface area contributed by atoms with Crippen molar-refractivity contribution in [2.24, 2.45) is 7.05 Å². The van der Waals surface area contributed by atoms with Crippen LogP contribution in [0.4, 0.5) is 5.69 Å². The molecule has 6 nitrogen and oxygen atoms in total. The van der Waals surface area contributed by atoms with Gasteiger partial charge in [0.1, 0.15) is 0 Å². The van der Waals surface area contributed by atoms with Crippen LogP contribution in [-0.4, -0.2) is 26.8 Å². The largest absolute Gasteiger partial charge is 0.476 e. The smallest absolute Gasteiger partial charge is 0.356 e. The molecule has 0 unspecified atom stereocenters. The number of fused-ring (bicyclic) bond motifs is 3. The molecule has 0 aliphatic carbocycles. The van der Waals surface area contributed by atoms with Crippen LogP contribution in [0.25, 0.3) is 11.3 Å². The van der Waals surface area contributed by atoms with Gasteiger partial charge < -0.3 is 10.0 Å². The predicted octanol–water partition coefficient (Wildman–Crippen LogP) is 1.65. The van der Waals surface area contributed by atoms with E-state index in [9.17, 15) is 14.7 Å². The highest BCUT2D eigenvalue weighted by molar-refractivity contribution is 6.00. The second kappa shape index (κ2) is 4.19. The van der Waals surface area contributed by atoms with Crippen molar-refractivity contribution in [2.75, 3.05) is 4.90 Å². The molecule has 2 aromatic rings. The summed E-state index contributed by atoms with van der Waals surface area (Å²) < 4.78 is 1.56. The van der Waals surface area contributed by atoms with E-state index < -0.39 is 5.97 Å². The van der Waals surface area contributed by atoms with E-state index in [-0.39, 0.29) is 18.1 Å². The lowest BCUT2D eigenvalue weighted by atomic mass is 9.98. The molecule has 1 aliphatic heterocycles. The minimum absolute atomic E-state index is 0.00301. The number of rotatable bonds is 1. The van der Waals surface area contributed by atoms with Crippen molar-refractivity contribution in [3.63, 3.8) is 0 Å². The quantitative estimate of drug-likeness (QED) is 0.855. The Morgan fingerprint density at radius 1 is 1.30 bits per heavy atom. The van der Waals surface area contributed by atoms with E-state index in [1.165, 1.54) is 6.92 Å². The Hall–Kier alpha value is -2.63. The number of carboxylic acids is 1. The molecule has 3 rings (SSSR count). The molecule has 6 heteroatoms. The maximum atomic E-state index is 11.8. The lowest BCUT2D eigenvalue weighted by Crippen LogP contribution is -2.31. The third kappa shape index (κ3) is 1.61. The van der Waals surface area contributed by atoms with Crippen molar-refractivity contribution in [1.82, 2.24) is 9.78 Å². The first-order chi connectivity index (χ1) is 9.50. The second-order valence-electron chi connectivity index (χ2n) is 4.73. The molecule has 1 amide bonds. The molecule has 0 saturated carbocycles. The number of hydrogen-bond donors (Lipinski definition) is 1. The third-order valence-electron chi connectivity index (χ3n) is 3.49. The van der Waals surface area contributed by atoms with Gasteiger partial charge in [0.25, 0.3) is 0 Å². The van der Waals surface area contributed by atoms with Gasteiger partial charge in [0, 0.05) is 25.1 Å². The van der Waals surface area contributed by atoms with Crippen LogP contribution in [0.5, 0.6) is 0 Å². The van der Waals surface area contributed by atoms with Crippen LogP contribution in [-0.2, 0) is 18.4 Å². The lowest BCUT2D eigenvalue weighted by molar-refractivity contribution is -0.116. The van der Waals surface area contributed by atoms with Crippen molar-refractivity contribution in [1.29, 1.82) is 0 Å². The van der Waals surface area contributed by atoms with Gasteiger partial charge in [0.2, 0.25) is 5.91 Å². The molecule has 0 fully saturated rings. The number of carbonyl (C=O) groups excluding carboxylic acids is 1. The minimum atomic E-state index is -1.08. The number of para-hydroxylation sites is 1. The summed E-state index contributed by atoms with van der Waals surface area (Å²) in [6.07, 6.45) is 0. The Kier molecular flexibility index (Phi) is 2.60. The van der Waals surface area contributed by atoms with Crippen LogP contribution in [0.2, 0.25) is 0 Å². The topological polar surface area (TPSA) is 75.4 Å². The molecule has 1 N–H and O–H groups in total. The summed E-state index contributed by atoms with van der Waals surface area (Å²) in [5.41, 5.74) is 2.95. The number of amides is 1. The van der Waals surface area contributed by atoms with Gasteiger partial charge in [-0.1, -0.05) is 18.2 Å². The molecule has 0 bridgehead atoms. The van der Waals surface area contributed by atoms with Crippen LogP contribution in [0.1, 0.15) is 23.0 Å². The van der Waals surface area contributed by atoms with Crippen LogP contribution in [0.3, 0.4) is 0 Å². The molecule has 102 valence electrons. The predicted molar refractivity (Wildman–Crippen MR) is 72.5 cm³/mol. The number of hydrogen-bond acceptors (Lipinski definition) is 3. The summed E-state index contributed by atoms with van der Waals surface area (Å²) in [6.45, 7) is 1.70. The van der Waals surface area contributed by atoms with Gasteiger partial charge in [-0.15, -0.1) is 0 Å². The average molecular weight is 271 g/mol. The molecule has 1 aliphatic rings. The maximum Gasteiger partial charge on any atom is 0.356 e. The zero-order valence-electron chi connectivity index (χ0n) is 11.1. The van der Waals surface area contributed by atoms with Gasteiger partial charge >= 0.3 is 5.97 Å². The molecule has 20 heavy (non-hydrogen) atoms. The lowest BCUT2D eigenvalue weighted by Gasteiger charge is -2.28. The molecule has 1 aromatic heterocycles. The van der Waals surface area contributed by atoms with Crippen LogP contribution >= 0.6 is 0 Å². The molecule has 2 heterocycles. The maximum absolute atomic E-state index is 11.8. The Morgan fingerprint density at radius 2 is 2.00 bits per heavy atom. The summed E-state index contributed by atoms with van der Waals surface area (Å²) in [5.74, 6) is -1.20. The van der Waals surface area contributed by atoms with Crippen molar-refractivity contribution < 1.29 is 14.7 Å². The first kappa shape index (κ1) is 12.4. The third-order valence-corrected chi connectivity index (χ3v) is 3.49. The van der Waals surface area contributed by atoms with Crippen molar-refractivity contribution in [2.45, 2.75) is 13.5 Å². The standard InChI is InChI=1S/C14H13N3O3/c1-8(18)17-7-10-12(14(19)20)15-16(2)13(10)9-5-3-4-6-11(9)17/h3-6H,7H2,1-2H3,(H,19,20). The molecule has 0 radical (unpaired) electrons. The first-order valence-electron chi connectivity index (χ1n) is 6.17. The van der Waals surface area contributed by atoms with Gasteiger partial charge in [-0.25, -0.2) is 4.79 Å². The fourth-order valence-electron chi connectivity index (χ4n) is 2.66. The molecule has 0 atom stereocenters. The molecular weight excluding hydrogens is 258 g/mol. The Bertz CT molecular complexity index is 733. The number of carboxylic acid groups (broad SMARTS) is 1. The van der Waals surface area contributed by atoms with Gasteiger partial charge in [-0.2, -0.15) is 5.10 Å². The van der Waals surface area contributed by atoms with Gasteiger partial charge in [-0.3, -0.25) is 9.48 Å². The van der Waals surface area contributed by atoms with E-state index in [0.29, 0.717) is 5.56 Å². The number of aryl methyl sites for hydroxylation is 1. The summed E-state index contributed by atoms with van der Waals surface area (Å²) in [4.78, 5) is 24.7. The second-order valence-corrected chi connectivity index (χ2v) is 4.73. The summed E-state index contributed by atoms with van der Waals surface area (Å²) in [7, 11) is 1.71. The van der Waals surface area contributed by atoms with Crippen LogP contribution in [0, 0.1) is 0 Å². The zero-order valence-corrected chi connectivity index (χ0v) is 11.1. The van der Waals surface area contributed by atoms with Gasteiger partial charge in [-0.05, 0) is 6.07 Å². The summed E-state index contributed by atoms with van der Waals surface area (Å²) in [5, 5.41) is 13.3. The Morgan fingerprint density at radius 3 is 2.65 bits per heavy atom. The van der Waals surface area contributed by atoms with Crippen molar-refractivity contribution in [3.05, 3.63) is 35.5 Å². The zero-order chi connectivity index (χ0) is 14.4. The highest BCUT2D eigenvalue weighted by Gasteiger charge is 2.31. The number of aromatic nitrogens is 2. The fraction of sp³-hybridized carbons (Fsp3) is 0.214. The highest BCUT2D eigenvalue weighted by Crippen LogP contribution is 2.39. The normalized spacial score (nSPS) is 12.8. The average Bonchev–Trinajstić information content (AvgIpc) is 2.75. The number of carbonyl (C=O) groups is 2. The number of anilines is 1. The van der Waals surface area contributed by atoms with Crippen LogP contribution < -0.4 is 4.90 Å².